The van der Waals surface area contributed by atoms with E-state index in [0.29, 0.717) is 5.69 Å². The minimum atomic E-state index is -0.943. The Morgan fingerprint density at radius 3 is 2.58 bits per heavy atom. The number of pyridine rings is 1. The van der Waals surface area contributed by atoms with Crippen molar-refractivity contribution in [3.05, 3.63) is 24.5 Å². The van der Waals surface area contributed by atoms with Gasteiger partial charge in [-0.05, 0) is 17.5 Å². The Morgan fingerprint density at radius 2 is 2.11 bits per heavy atom. The fourth-order valence-electron chi connectivity index (χ4n) is 1.51. The first-order chi connectivity index (χ1) is 8.79. The van der Waals surface area contributed by atoms with Crippen LogP contribution in [0.4, 0.5) is 10.5 Å². The van der Waals surface area contributed by atoms with Gasteiger partial charge in [0.1, 0.15) is 0 Å². The summed E-state index contributed by atoms with van der Waals surface area (Å²) in [4.78, 5) is 26.5. The molecule has 1 atom stereocenters. The molecule has 1 rings (SSSR count). The molecule has 104 valence electrons. The molecule has 0 radical (unpaired) electrons. The lowest BCUT2D eigenvalue weighted by Gasteiger charge is -2.30. The SMILES string of the molecule is CC(C)(C)C(CC(=O)O)NC(=O)Nc1cccnc1. The maximum absolute atomic E-state index is 11.8. The van der Waals surface area contributed by atoms with Crippen molar-refractivity contribution in [3.63, 3.8) is 0 Å². The molecule has 0 fully saturated rings. The third kappa shape index (κ3) is 5.37. The molecule has 19 heavy (non-hydrogen) atoms. The number of amides is 2. The number of carboxylic acid groups (broad SMARTS) is 1. The van der Waals surface area contributed by atoms with Crippen LogP contribution in [0.25, 0.3) is 0 Å². The largest absolute Gasteiger partial charge is 0.481 e. The van der Waals surface area contributed by atoms with Gasteiger partial charge in [0.2, 0.25) is 0 Å². The fourth-order valence-corrected chi connectivity index (χ4v) is 1.51. The molecule has 6 nitrogen and oxygen atoms in total. The van der Waals surface area contributed by atoms with Crippen LogP contribution >= 0.6 is 0 Å². The van der Waals surface area contributed by atoms with Gasteiger partial charge in [0, 0.05) is 12.2 Å². The second-order valence-corrected chi connectivity index (χ2v) is 5.36. The molecule has 0 aliphatic carbocycles. The number of nitrogens with one attached hydrogen (secondary N) is 2. The van der Waals surface area contributed by atoms with Crippen molar-refractivity contribution in [2.45, 2.75) is 33.2 Å². The van der Waals surface area contributed by atoms with Gasteiger partial charge < -0.3 is 15.7 Å². The maximum atomic E-state index is 11.8. The Kier molecular flexibility index (Phi) is 4.86. The molecule has 0 bridgehead atoms. The third-order valence-corrected chi connectivity index (χ3v) is 2.65. The second-order valence-electron chi connectivity index (χ2n) is 5.36. The Morgan fingerprint density at radius 1 is 1.42 bits per heavy atom. The van der Waals surface area contributed by atoms with Crippen LogP contribution in [-0.4, -0.2) is 28.1 Å². The lowest BCUT2D eigenvalue weighted by Crippen LogP contribution is -2.46. The Bertz CT molecular complexity index is 440. The first-order valence-corrected chi connectivity index (χ1v) is 5.98. The van der Waals surface area contributed by atoms with Gasteiger partial charge in [0.15, 0.2) is 0 Å². The molecule has 1 heterocycles. The minimum Gasteiger partial charge on any atom is -0.481 e. The van der Waals surface area contributed by atoms with Crippen molar-refractivity contribution >= 4 is 17.7 Å². The summed E-state index contributed by atoms with van der Waals surface area (Å²) >= 11 is 0. The third-order valence-electron chi connectivity index (χ3n) is 2.65. The molecule has 0 aliphatic rings. The van der Waals surface area contributed by atoms with Crippen LogP contribution in [0.3, 0.4) is 0 Å². The van der Waals surface area contributed by atoms with Crippen LogP contribution in [0, 0.1) is 5.41 Å². The standard InChI is InChI=1S/C13H19N3O3/c1-13(2,3)10(7-11(17)18)16-12(19)15-9-5-4-6-14-8-9/h4-6,8,10H,7H2,1-3H3,(H,17,18)(H2,15,16,19). The zero-order chi connectivity index (χ0) is 14.5. The Hall–Kier alpha value is -2.11. The molecule has 2 amide bonds. The van der Waals surface area contributed by atoms with E-state index in [-0.39, 0.29) is 11.8 Å². The van der Waals surface area contributed by atoms with E-state index in [2.05, 4.69) is 15.6 Å². The van der Waals surface area contributed by atoms with E-state index >= 15 is 0 Å². The number of anilines is 1. The summed E-state index contributed by atoms with van der Waals surface area (Å²) in [6.45, 7) is 5.64. The minimum absolute atomic E-state index is 0.121. The van der Waals surface area contributed by atoms with E-state index in [1.807, 2.05) is 20.8 Å². The normalized spacial score (nSPS) is 12.6. The number of carbonyl (C=O) groups is 2. The van der Waals surface area contributed by atoms with Crippen molar-refractivity contribution in [2.24, 2.45) is 5.41 Å². The second kappa shape index (κ2) is 6.17. The van der Waals surface area contributed by atoms with E-state index in [0.717, 1.165) is 0 Å². The number of carboxylic acids is 1. The molecule has 6 heteroatoms. The molecule has 0 saturated heterocycles. The summed E-state index contributed by atoms with van der Waals surface area (Å²) in [6, 6.07) is 2.51. The molecule has 1 unspecified atom stereocenters. The van der Waals surface area contributed by atoms with Gasteiger partial charge in [-0.3, -0.25) is 9.78 Å². The number of hydrogen-bond donors (Lipinski definition) is 3. The van der Waals surface area contributed by atoms with E-state index < -0.39 is 18.0 Å². The van der Waals surface area contributed by atoms with Crippen LogP contribution in [0.1, 0.15) is 27.2 Å². The highest BCUT2D eigenvalue weighted by molar-refractivity contribution is 5.89. The number of urea groups is 1. The molecule has 0 aliphatic heterocycles. The van der Waals surface area contributed by atoms with Crippen LogP contribution in [0.2, 0.25) is 0 Å². The van der Waals surface area contributed by atoms with E-state index in [1.54, 1.807) is 18.3 Å². The monoisotopic (exact) mass is 265 g/mol. The average Bonchev–Trinajstić information content (AvgIpc) is 2.27. The van der Waals surface area contributed by atoms with Crippen molar-refractivity contribution < 1.29 is 14.7 Å². The van der Waals surface area contributed by atoms with Gasteiger partial charge in [-0.1, -0.05) is 20.8 Å². The van der Waals surface area contributed by atoms with Crippen LogP contribution in [0.15, 0.2) is 24.5 Å². The first kappa shape index (κ1) is 14.9. The summed E-state index contributed by atoms with van der Waals surface area (Å²) in [5.74, 6) is -0.943. The zero-order valence-corrected chi connectivity index (χ0v) is 11.3. The van der Waals surface area contributed by atoms with Crippen LogP contribution in [-0.2, 0) is 4.79 Å². The number of aromatic nitrogens is 1. The van der Waals surface area contributed by atoms with E-state index in [4.69, 9.17) is 5.11 Å². The summed E-state index contributed by atoms with van der Waals surface area (Å²) < 4.78 is 0. The van der Waals surface area contributed by atoms with Gasteiger partial charge in [0.25, 0.3) is 0 Å². The van der Waals surface area contributed by atoms with Gasteiger partial charge in [-0.2, -0.15) is 0 Å². The highest BCUT2D eigenvalue weighted by Gasteiger charge is 2.28. The fraction of sp³-hybridized carbons (Fsp3) is 0.462. The Balaban J connectivity index is 2.64. The highest BCUT2D eigenvalue weighted by atomic mass is 16.4. The smallest absolute Gasteiger partial charge is 0.319 e. The molecule has 1 aromatic heterocycles. The van der Waals surface area contributed by atoms with Gasteiger partial charge in [-0.15, -0.1) is 0 Å². The molecular formula is C13H19N3O3. The van der Waals surface area contributed by atoms with Crippen molar-refractivity contribution in [3.8, 4) is 0 Å². The van der Waals surface area contributed by atoms with Gasteiger partial charge in [-0.25, -0.2) is 4.79 Å². The molecule has 0 aromatic carbocycles. The topological polar surface area (TPSA) is 91.3 Å². The number of hydrogen-bond acceptors (Lipinski definition) is 3. The number of nitrogens with zero attached hydrogens (tertiary/aromatic N) is 1. The summed E-state index contributed by atoms with van der Waals surface area (Å²) in [6.07, 6.45) is 3.00. The van der Waals surface area contributed by atoms with E-state index in [9.17, 15) is 9.59 Å². The average molecular weight is 265 g/mol. The highest BCUT2D eigenvalue weighted by Crippen LogP contribution is 2.22. The van der Waals surface area contributed by atoms with Crippen molar-refractivity contribution in [1.29, 1.82) is 0 Å². The molecular weight excluding hydrogens is 246 g/mol. The number of aliphatic carboxylic acids is 1. The molecule has 3 N–H and O–H groups in total. The Labute approximate surface area is 112 Å². The van der Waals surface area contributed by atoms with Gasteiger partial charge in [0.05, 0.1) is 18.3 Å². The predicted octanol–water partition coefficient (Wildman–Crippen LogP) is 2.09. The lowest BCUT2D eigenvalue weighted by molar-refractivity contribution is -0.138. The van der Waals surface area contributed by atoms with Crippen LogP contribution in [0.5, 0.6) is 0 Å². The quantitative estimate of drug-likeness (QED) is 0.777. The zero-order valence-electron chi connectivity index (χ0n) is 11.3. The summed E-state index contributed by atoms with van der Waals surface area (Å²) in [5, 5.41) is 14.2. The van der Waals surface area contributed by atoms with Crippen molar-refractivity contribution in [2.75, 3.05) is 5.32 Å². The van der Waals surface area contributed by atoms with Gasteiger partial charge >= 0.3 is 12.0 Å². The van der Waals surface area contributed by atoms with Crippen LogP contribution < -0.4 is 10.6 Å². The van der Waals surface area contributed by atoms with Crippen molar-refractivity contribution in [1.82, 2.24) is 10.3 Å². The number of rotatable bonds is 4. The molecule has 1 aromatic rings. The maximum Gasteiger partial charge on any atom is 0.319 e. The molecule has 0 saturated carbocycles. The first-order valence-electron chi connectivity index (χ1n) is 5.98. The molecule has 0 spiro atoms. The predicted molar refractivity (Wildman–Crippen MR) is 71.9 cm³/mol. The lowest BCUT2D eigenvalue weighted by atomic mass is 9.85. The number of carbonyl (C=O) groups excluding carboxylic acids is 1. The summed E-state index contributed by atoms with van der Waals surface area (Å²) in [7, 11) is 0. The summed E-state index contributed by atoms with van der Waals surface area (Å²) in [5.41, 5.74) is 0.216. The van der Waals surface area contributed by atoms with E-state index in [1.165, 1.54) is 6.20 Å².